The molecule has 0 bridgehead atoms. The van der Waals surface area contributed by atoms with Crippen LogP contribution in [0.4, 0.5) is 4.39 Å². The molecule has 1 aromatic rings. The molecule has 3 rings (SSSR count). The molecular weight excluding hydrogens is 409 g/mol. The molecule has 1 fully saturated rings. The van der Waals surface area contributed by atoms with Crippen molar-refractivity contribution in [1.29, 1.82) is 21.2 Å². The molecule has 1 N–H and O–H groups in total. The van der Waals surface area contributed by atoms with E-state index in [9.17, 15) is 20.2 Å². The van der Waals surface area contributed by atoms with Gasteiger partial charge in [-0.3, -0.25) is 4.90 Å². The second-order valence-electron chi connectivity index (χ2n) is 6.81. The number of halogens is 2. The summed E-state index contributed by atoms with van der Waals surface area (Å²) in [5, 5.41) is 38.1. The first kappa shape index (κ1) is 19.2. The maximum atomic E-state index is 14.8. The zero-order chi connectivity index (χ0) is 19.8. The molecule has 0 amide bonds. The van der Waals surface area contributed by atoms with Crippen molar-refractivity contribution in [3.8, 4) is 18.2 Å². The van der Waals surface area contributed by atoms with Gasteiger partial charge in [-0.05, 0) is 35.9 Å². The fourth-order valence-electron chi connectivity index (χ4n) is 4.22. The number of nitrogens with one attached hydrogen (secondary N) is 1. The molecule has 136 valence electrons. The van der Waals surface area contributed by atoms with Crippen molar-refractivity contribution in [1.82, 2.24) is 4.90 Å². The van der Waals surface area contributed by atoms with Gasteiger partial charge in [0.25, 0.3) is 0 Å². The summed E-state index contributed by atoms with van der Waals surface area (Å²) in [6.45, 7) is 3.90. The highest BCUT2D eigenvalue weighted by molar-refractivity contribution is 9.10. The van der Waals surface area contributed by atoms with Gasteiger partial charge in [0.05, 0.1) is 23.9 Å². The maximum Gasteiger partial charge on any atom is 0.189 e. The molecule has 1 heterocycles. The van der Waals surface area contributed by atoms with E-state index in [0.29, 0.717) is 17.6 Å². The number of rotatable bonds is 2. The molecule has 0 saturated heterocycles. The van der Waals surface area contributed by atoms with Gasteiger partial charge >= 0.3 is 0 Å². The van der Waals surface area contributed by atoms with Crippen LogP contribution in [0.3, 0.4) is 0 Å². The van der Waals surface area contributed by atoms with Crippen molar-refractivity contribution in [3.63, 3.8) is 0 Å². The Morgan fingerprint density at radius 3 is 2.63 bits per heavy atom. The minimum atomic E-state index is -1.89. The molecule has 1 aromatic carbocycles. The van der Waals surface area contributed by atoms with Crippen LogP contribution in [0.1, 0.15) is 18.4 Å². The van der Waals surface area contributed by atoms with Crippen molar-refractivity contribution in [2.24, 2.45) is 17.3 Å². The van der Waals surface area contributed by atoms with Gasteiger partial charge in [0.1, 0.15) is 11.7 Å². The summed E-state index contributed by atoms with van der Waals surface area (Å²) in [5.41, 5.74) is -1.20. The van der Waals surface area contributed by atoms with E-state index in [1.807, 2.05) is 25.1 Å². The van der Waals surface area contributed by atoms with Crippen LogP contribution < -0.4 is 0 Å². The SMILES string of the molecule is CCN1CC=C2C(C#N)C(=N)C(C#N)(C#N)[C@H](c3cc(Br)ccc3F)[C@H]2C1. The highest BCUT2D eigenvalue weighted by atomic mass is 79.9. The Bertz CT molecular complexity index is 935. The van der Waals surface area contributed by atoms with Crippen molar-refractivity contribution in [3.05, 3.63) is 45.7 Å². The van der Waals surface area contributed by atoms with Crippen LogP contribution in [-0.4, -0.2) is 30.2 Å². The third-order valence-corrected chi connectivity index (χ3v) is 6.10. The smallest absolute Gasteiger partial charge is 0.189 e. The van der Waals surface area contributed by atoms with Crippen molar-refractivity contribution in [2.75, 3.05) is 19.6 Å². The topological polar surface area (TPSA) is 98.5 Å². The van der Waals surface area contributed by atoms with E-state index in [4.69, 9.17) is 5.41 Å². The number of fused-ring (bicyclic) bond motifs is 1. The van der Waals surface area contributed by atoms with Crippen LogP contribution in [0.5, 0.6) is 0 Å². The first-order valence-electron chi connectivity index (χ1n) is 8.61. The van der Waals surface area contributed by atoms with E-state index in [0.717, 1.165) is 12.1 Å². The van der Waals surface area contributed by atoms with Crippen molar-refractivity contribution < 1.29 is 4.39 Å². The molecule has 1 aliphatic heterocycles. The van der Waals surface area contributed by atoms with Crippen molar-refractivity contribution in [2.45, 2.75) is 12.8 Å². The Balaban J connectivity index is 2.30. The maximum absolute atomic E-state index is 14.8. The molecule has 7 heteroatoms. The molecule has 1 unspecified atom stereocenters. The summed E-state index contributed by atoms with van der Waals surface area (Å²) in [6, 6.07) is 10.5. The number of nitriles is 3. The van der Waals surface area contributed by atoms with Crippen LogP contribution in [0.2, 0.25) is 0 Å². The second-order valence-corrected chi connectivity index (χ2v) is 7.73. The van der Waals surface area contributed by atoms with Gasteiger partial charge in [-0.2, -0.15) is 15.8 Å². The fourth-order valence-corrected chi connectivity index (χ4v) is 4.60. The van der Waals surface area contributed by atoms with E-state index in [2.05, 4.69) is 26.9 Å². The number of nitrogens with zero attached hydrogens (tertiary/aromatic N) is 4. The third-order valence-electron chi connectivity index (χ3n) is 5.61. The zero-order valence-corrected chi connectivity index (χ0v) is 16.3. The summed E-state index contributed by atoms with van der Waals surface area (Å²) in [5.74, 6) is -2.70. The normalized spacial score (nSPS) is 26.9. The van der Waals surface area contributed by atoms with E-state index in [-0.39, 0.29) is 17.2 Å². The van der Waals surface area contributed by atoms with Crippen LogP contribution in [0.25, 0.3) is 0 Å². The summed E-state index contributed by atoms with van der Waals surface area (Å²) < 4.78 is 15.4. The molecule has 0 radical (unpaired) electrons. The van der Waals surface area contributed by atoms with Crippen LogP contribution >= 0.6 is 15.9 Å². The molecule has 3 atom stereocenters. The summed E-state index contributed by atoms with van der Waals surface area (Å²) in [6.07, 6.45) is 1.90. The Morgan fingerprint density at radius 2 is 2.04 bits per heavy atom. The van der Waals surface area contributed by atoms with Gasteiger partial charge in [-0.1, -0.05) is 28.9 Å². The Labute approximate surface area is 165 Å². The summed E-state index contributed by atoms with van der Waals surface area (Å²) in [7, 11) is 0. The lowest BCUT2D eigenvalue weighted by atomic mass is 9.54. The fraction of sp³-hybridized carbons (Fsp3) is 0.400. The van der Waals surface area contributed by atoms with Crippen LogP contribution in [0.15, 0.2) is 34.3 Å². The lowest BCUT2D eigenvalue weighted by Gasteiger charge is -2.47. The van der Waals surface area contributed by atoms with Crippen LogP contribution in [0, 0.1) is 62.5 Å². The largest absolute Gasteiger partial charge is 0.305 e. The Kier molecular flexibility index (Phi) is 5.16. The quantitative estimate of drug-likeness (QED) is 0.728. The Hall–Kier alpha value is -2.53. The van der Waals surface area contributed by atoms with Gasteiger partial charge in [0.15, 0.2) is 5.41 Å². The number of hydrogen-bond acceptors (Lipinski definition) is 5. The molecule has 2 aliphatic rings. The van der Waals surface area contributed by atoms with Gasteiger partial charge in [0.2, 0.25) is 0 Å². The highest BCUT2D eigenvalue weighted by Gasteiger charge is 2.58. The summed E-state index contributed by atoms with van der Waals surface area (Å²) in [4.78, 5) is 2.12. The molecule has 1 aliphatic carbocycles. The van der Waals surface area contributed by atoms with Crippen LogP contribution in [-0.2, 0) is 0 Å². The molecule has 5 nitrogen and oxygen atoms in total. The van der Waals surface area contributed by atoms with Gasteiger partial charge in [0, 0.05) is 29.4 Å². The predicted molar refractivity (Wildman–Crippen MR) is 101 cm³/mol. The Morgan fingerprint density at radius 1 is 1.33 bits per heavy atom. The lowest BCUT2D eigenvalue weighted by molar-refractivity contribution is 0.209. The van der Waals surface area contributed by atoms with Gasteiger partial charge in [-0.25, -0.2) is 4.39 Å². The highest BCUT2D eigenvalue weighted by Crippen LogP contribution is 2.54. The molecule has 27 heavy (non-hydrogen) atoms. The predicted octanol–water partition coefficient (Wildman–Crippen LogP) is 3.76. The molecule has 0 aromatic heterocycles. The van der Waals surface area contributed by atoms with Gasteiger partial charge < -0.3 is 5.41 Å². The number of benzene rings is 1. The average Bonchev–Trinajstić information content (AvgIpc) is 2.69. The van der Waals surface area contributed by atoms with E-state index < -0.39 is 23.1 Å². The standard InChI is InChI=1S/C20H17BrFN5/c1-2-27-6-5-13-15(8-23)19(26)20(10-24,11-25)18(16(13)9-27)14-7-12(21)3-4-17(14)22/h3-5,7,15-16,18,26H,2,6,9H2,1H3/t15?,16-,18+/m0/s1. The average molecular weight is 426 g/mol. The number of likely N-dealkylation sites (N-methyl/N-ethyl adjacent to an activating group) is 1. The third kappa shape index (κ3) is 2.86. The second kappa shape index (κ2) is 7.24. The minimum Gasteiger partial charge on any atom is -0.305 e. The van der Waals surface area contributed by atoms with E-state index in [1.165, 1.54) is 6.07 Å². The monoisotopic (exact) mass is 425 g/mol. The minimum absolute atomic E-state index is 0.225. The van der Waals surface area contributed by atoms with E-state index in [1.54, 1.807) is 12.1 Å². The van der Waals surface area contributed by atoms with Crippen molar-refractivity contribution >= 4 is 21.6 Å². The number of hydrogen-bond donors (Lipinski definition) is 1. The molecular formula is C20H17BrFN5. The van der Waals surface area contributed by atoms with E-state index >= 15 is 0 Å². The van der Waals surface area contributed by atoms with Gasteiger partial charge in [-0.15, -0.1) is 0 Å². The molecule has 0 spiro atoms. The first-order valence-corrected chi connectivity index (χ1v) is 9.41. The molecule has 1 saturated carbocycles. The zero-order valence-electron chi connectivity index (χ0n) is 14.7. The lowest BCUT2D eigenvalue weighted by Crippen LogP contribution is -2.53. The first-order chi connectivity index (χ1) is 12.9. The summed E-state index contributed by atoms with van der Waals surface area (Å²) >= 11 is 3.34.